The molecular weight excluding hydrogens is 262 g/mol. The van der Waals surface area contributed by atoms with Crippen molar-refractivity contribution in [3.05, 3.63) is 35.4 Å². The van der Waals surface area contributed by atoms with E-state index in [0.717, 1.165) is 32.4 Å². The highest BCUT2D eigenvalue weighted by atomic mass is 16.4. The van der Waals surface area contributed by atoms with Gasteiger partial charge in [0.05, 0.1) is 5.41 Å². The zero-order valence-electron chi connectivity index (χ0n) is 12.8. The van der Waals surface area contributed by atoms with Crippen LogP contribution in [0, 0.1) is 5.41 Å². The smallest absolute Gasteiger partial charge is 0.310 e. The number of rotatable bonds is 4. The lowest BCUT2D eigenvalue weighted by Crippen LogP contribution is -2.36. The molecule has 0 amide bonds. The number of hydrogen-bond donors (Lipinski definition) is 1. The van der Waals surface area contributed by atoms with Crippen molar-refractivity contribution in [1.82, 2.24) is 4.90 Å². The van der Waals surface area contributed by atoms with Crippen molar-refractivity contribution in [3.63, 3.8) is 0 Å². The van der Waals surface area contributed by atoms with Gasteiger partial charge in [0.1, 0.15) is 0 Å². The van der Waals surface area contributed by atoms with Crippen molar-refractivity contribution in [3.8, 4) is 0 Å². The van der Waals surface area contributed by atoms with E-state index in [1.54, 1.807) is 0 Å². The standard InChI is InChI=1S/C18H25NO2/c1-2-10-18(17(20)21)11-12-19(13-18)16-9-5-7-14-6-3-4-8-15(14)16/h3-4,6,8,16H,2,5,7,9-13H2,1H3,(H,20,21). The van der Waals surface area contributed by atoms with Gasteiger partial charge in [0.2, 0.25) is 0 Å². The molecule has 3 rings (SSSR count). The molecule has 1 aromatic rings. The molecule has 3 nitrogen and oxygen atoms in total. The Labute approximate surface area is 127 Å². The Morgan fingerprint density at radius 3 is 3.00 bits per heavy atom. The van der Waals surface area contributed by atoms with Crippen LogP contribution in [0.25, 0.3) is 0 Å². The fourth-order valence-electron chi connectivity index (χ4n) is 4.24. The molecule has 0 radical (unpaired) electrons. The summed E-state index contributed by atoms with van der Waals surface area (Å²) >= 11 is 0. The lowest BCUT2D eigenvalue weighted by molar-refractivity contribution is -0.148. The number of nitrogens with zero attached hydrogens (tertiary/aromatic N) is 1. The first kappa shape index (κ1) is 14.6. The van der Waals surface area contributed by atoms with Crippen LogP contribution in [0.15, 0.2) is 24.3 Å². The van der Waals surface area contributed by atoms with E-state index in [-0.39, 0.29) is 0 Å². The van der Waals surface area contributed by atoms with Gasteiger partial charge in [0.15, 0.2) is 0 Å². The Morgan fingerprint density at radius 1 is 1.43 bits per heavy atom. The van der Waals surface area contributed by atoms with E-state index in [0.29, 0.717) is 6.04 Å². The first-order valence-electron chi connectivity index (χ1n) is 8.21. The lowest BCUT2D eigenvalue weighted by atomic mass is 9.82. The van der Waals surface area contributed by atoms with E-state index in [2.05, 4.69) is 36.1 Å². The molecule has 1 N–H and O–H groups in total. The van der Waals surface area contributed by atoms with Gasteiger partial charge in [-0.25, -0.2) is 0 Å². The zero-order chi connectivity index (χ0) is 14.9. The fourth-order valence-corrected chi connectivity index (χ4v) is 4.24. The number of carboxylic acid groups (broad SMARTS) is 1. The number of aliphatic carboxylic acids is 1. The highest BCUT2D eigenvalue weighted by Gasteiger charge is 2.46. The van der Waals surface area contributed by atoms with Crippen LogP contribution in [0.3, 0.4) is 0 Å². The third kappa shape index (κ3) is 2.59. The highest BCUT2D eigenvalue weighted by Crippen LogP contribution is 2.42. The van der Waals surface area contributed by atoms with E-state index in [4.69, 9.17) is 0 Å². The van der Waals surface area contributed by atoms with Crippen LogP contribution in [0.5, 0.6) is 0 Å². The molecule has 21 heavy (non-hydrogen) atoms. The molecule has 1 saturated heterocycles. The van der Waals surface area contributed by atoms with Crippen LogP contribution in [0.4, 0.5) is 0 Å². The summed E-state index contributed by atoms with van der Waals surface area (Å²) in [7, 11) is 0. The Kier molecular flexibility index (Phi) is 4.03. The summed E-state index contributed by atoms with van der Waals surface area (Å²) in [5.41, 5.74) is 2.37. The maximum Gasteiger partial charge on any atom is 0.310 e. The average Bonchev–Trinajstić information content (AvgIpc) is 2.92. The number of likely N-dealkylation sites (tertiary alicyclic amines) is 1. The molecule has 1 aliphatic carbocycles. The third-order valence-electron chi connectivity index (χ3n) is 5.34. The van der Waals surface area contributed by atoms with Crippen LogP contribution in [-0.2, 0) is 11.2 Å². The number of carboxylic acids is 1. The first-order valence-corrected chi connectivity index (χ1v) is 8.21. The van der Waals surface area contributed by atoms with E-state index < -0.39 is 11.4 Å². The van der Waals surface area contributed by atoms with Gasteiger partial charge < -0.3 is 5.11 Å². The van der Waals surface area contributed by atoms with E-state index in [1.807, 2.05) is 0 Å². The summed E-state index contributed by atoms with van der Waals surface area (Å²) in [6.07, 6.45) is 6.09. The number of aryl methyl sites for hydroxylation is 1. The van der Waals surface area contributed by atoms with Crippen molar-refractivity contribution in [2.75, 3.05) is 13.1 Å². The van der Waals surface area contributed by atoms with Gasteiger partial charge in [-0.2, -0.15) is 0 Å². The highest BCUT2D eigenvalue weighted by molar-refractivity contribution is 5.75. The Bertz CT molecular complexity index is 528. The van der Waals surface area contributed by atoms with Gasteiger partial charge in [-0.1, -0.05) is 37.6 Å². The molecule has 1 aromatic carbocycles. The number of benzene rings is 1. The summed E-state index contributed by atoms with van der Waals surface area (Å²) in [6, 6.07) is 9.12. The van der Waals surface area contributed by atoms with Crippen molar-refractivity contribution in [2.24, 2.45) is 5.41 Å². The third-order valence-corrected chi connectivity index (χ3v) is 5.34. The first-order chi connectivity index (χ1) is 10.2. The van der Waals surface area contributed by atoms with Crippen LogP contribution in [-0.4, -0.2) is 29.1 Å². The maximum atomic E-state index is 11.8. The molecule has 0 spiro atoms. The van der Waals surface area contributed by atoms with Crippen LogP contribution in [0.1, 0.15) is 56.2 Å². The molecule has 2 atom stereocenters. The van der Waals surface area contributed by atoms with Gasteiger partial charge in [-0.3, -0.25) is 9.69 Å². The van der Waals surface area contributed by atoms with E-state index >= 15 is 0 Å². The van der Waals surface area contributed by atoms with Crippen molar-refractivity contribution >= 4 is 5.97 Å². The monoisotopic (exact) mass is 287 g/mol. The Hall–Kier alpha value is -1.35. The fraction of sp³-hybridized carbons (Fsp3) is 0.611. The van der Waals surface area contributed by atoms with Crippen molar-refractivity contribution < 1.29 is 9.90 Å². The summed E-state index contributed by atoms with van der Waals surface area (Å²) in [5.74, 6) is -0.601. The molecule has 1 aliphatic heterocycles. The van der Waals surface area contributed by atoms with Crippen molar-refractivity contribution in [2.45, 2.75) is 51.5 Å². The topological polar surface area (TPSA) is 40.5 Å². The quantitative estimate of drug-likeness (QED) is 0.919. The Balaban J connectivity index is 1.82. The van der Waals surface area contributed by atoms with Crippen molar-refractivity contribution in [1.29, 1.82) is 0 Å². The van der Waals surface area contributed by atoms with Crippen LogP contribution >= 0.6 is 0 Å². The van der Waals surface area contributed by atoms with Gasteiger partial charge in [-0.05, 0) is 49.8 Å². The van der Waals surface area contributed by atoms with Crippen LogP contribution in [0.2, 0.25) is 0 Å². The van der Waals surface area contributed by atoms with Gasteiger partial charge in [-0.15, -0.1) is 0 Å². The SMILES string of the molecule is CCCC1(C(=O)O)CCN(C2CCCc3ccccc32)C1. The molecule has 2 aliphatic rings. The van der Waals surface area contributed by atoms with Gasteiger partial charge in [0, 0.05) is 12.6 Å². The number of carbonyl (C=O) groups is 1. The van der Waals surface area contributed by atoms with Gasteiger partial charge >= 0.3 is 5.97 Å². The second kappa shape index (κ2) is 5.80. The normalized spacial score (nSPS) is 29.3. The molecule has 0 bridgehead atoms. The molecular formula is C18H25NO2. The van der Waals surface area contributed by atoms with E-state index in [1.165, 1.54) is 30.4 Å². The number of hydrogen-bond acceptors (Lipinski definition) is 2. The predicted octanol–water partition coefficient (Wildman–Crippen LogP) is 3.64. The van der Waals surface area contributed by atoms with E-state index in [9.17, 15) is 9.90 Å². The zero-order valence-corrected chi connectivity index (χ0v) is 12.8. The molecule has 1 fully saturated rings. The molecule has 2 unspecified atom stereocenters. The summed E-state index contributed by atoms with van der Waals surface area (Å²) < 4.78 is 0. The summed E-state index contributed by atoms with van der Waals surface area (Å²) in [5, 5.41) is 9.68. The second-order valence-electron chi connectivity index (χ2n) is 6.66. The average molecular weight is 287 g/mol. The molecule has 3 heteroatoms. The molecule has 1 heterocycles. The minimum atomic E-state index is -0.601. The van der Waals surface area contributed by atoms with Crippen LogP contribution < -0.4 is 0 Å². The minimum Gasteiger partial charge on any atom is -0.481 e. The lowest BCUT2D eigenvalue weighted by Gasteiger charge is -2.34. The summed E-state index contributed by atoms with van der Waals surface area (Å²) in [4.78, 5) is 14.2. The molecule has 114 valence electrons. The van der Waals surface area contributed by atoms with Gasteiger partial charge in [0.25, 0.3) is 0 Å². The summed E-state index contributed by atoms with van der Waals surface area (Å²) in [6.45, 7) is 3.73. The Morgan fingerprint density at radius 2 is 2.24 bits per heavy atom. The second-order valence-corrected chi connectivity index (χ2v) is 6.66. The molecule has 0 aromatic heterocycles. The largest absolute Gasteiger partial charge is 0.481 e. The minimum absolute atomic E-state index is 0.424. The molecule has 0 saturated carbocycles. The predicted molar refractivity (Wildman–Crippen MR) is 83.3 cm³/mol. The number of fused-ring (bicyclic) bond motifs is 1. The maximum absolute atomic E-state index is 11.8.